The molecule has 0 radical (unpaired) electrons. The summed E-state index contributed by atoms with van der Waals surface area (Å²) in [7, 11) is 0. The molecule has 160 valence electrons. The molecule has 0 spiro atoms. The maximum Gasteiger partial charge on any atom is 0.220 e. The zero-order chi connectivity index (χ0) is 21.2. The van der Waals surface area contributed by atoms with E-state index < -0.39 is 0 Å². The lowest BCUT2D eigenvalue weighted by Crippen LogP contribution is -2.26. The molecule has 0 saturated heterocycles. The van der Waals surface area contributed by atoms with E-state index >= 15 is 0 Å². The van der Waals surface area contributed by atoms with E-state index in [4.69, 9.17) is 20.8 Å². The van der Waals surface area contributed by atoms with E-state index in [0.717, 1.165) is 41.8 Å². The Morgan fingerprint density at radius 3 is 2.53 bits per heavy atom. The van der Waals surface area contributed by atoms with Crippen LogP contribution in [0.3, 0.4) is 0 Å². The zero-order valence-electron chi connectivity index (χ0n) is 17.9. The maximum atomic E-state index is 6.41. The molecular formula is C25H31ClN2O2. The van der Waals surface area contributed by atoms with Crippen LogP contribution in [0.4, 0.5) is 0 Å². The van der Waals surface area contributed by atoms with Gasteiger partial charge in [0.05, 0.1) is 11.6 Å². The standard InChI is InChI=1S/C25H31ClN2O2/c1-3-15-28(16-4-2)17-7-8-18-29-23-13-11-20(19-21(23)26)12-14-25-27-22-9-5-6-10-24(22)30-25/h5-6,9-14,19H,3-4,7-8,15-18H2,1-2H3/b14-12+. The first kappa shape index (κ1) is 22.4. The molecule has 0 bridgehead atoms. The predicted octanol–water partition coefficient (Wildman–Crippen LogP) is 6.93. The van der Waals surface area contributed by atoms with Crippen LogP contribution in [0.2, 0.25) is 5.02 Å². The Balaban J connectivity index is 1.47. The lowest BCUT2D eigenvalue weighted by molar-refractivity contribution is 0.250. The van der Waals surface area contributed by atoms with Gasteiger partial charge in [0.1, 0.15) is 11.3 Å². The Bertz CT molecular complexity index is 912. The van der Waals surface area contributed by atoms with Crippen molar-refractivity contribution >= 4 is 34.9 Å². The van der Waals surface area contributed by atoms with Gasteiger partial charge in [-0.05, 0) is 81.2 Å². The highest BCUT2D eigenvalue weighted by molar-refractivity contribution is 6.32. The lowest BCUT2D eigenvalue weighted by Gasteiger charge is -2.20. The molecule has 5 heteroatoms. The number of benzene rings is 2. The van der Waals surface area contributed by atoms with Gasteiger partial charge in [-0.25, -0.2) is 4.98 Å². The third kappa shape index (κ3) is 6.61. The van der Waals surface area contributed by atoms with Gasteiger partial charge in [0, 0.05) is 6.08 Å². The van der Waals surface area contributed by atoms with Crippen molar-refractivity contribution in [3.63, 3.8) is 0 Å². The number of fused-ring (bicyclic) bond motifs is 1. The molecule has 0 atom stereocenters. The van der Waals surface area contributed by atoms with E-state index in [2.05, 4.69) is 23.7 Å². The molecule has 2 aromatic carbocycles. The molecule has 0 aliphatic heterocycles. The van der Waals surface area contributed by atoms with E-state index in [1.807, 2.05) is 54.6 Å². The van der Waals surface area contributed by atoms with Crippen molar-refractivity contribution in [3.8, 4) is 5.75 Å². The van der Waals surface area contributed by atoms with Crippen molar-refractivity contribution in [3.05, 3.63) is 58.9 Å². The molecule has 0 fully saturated rings. The summed E-state index contributed by atoms with van der Waals surface area (Å²) in [5, 5.41) is 0.619. The number of oxazole rings is 1. The summed E-state index contributed by atoms with van der Waals surface area (Å²) in [6.45, 7) is 8.65. The van der Waals surface area contributed by atoms with Gasteiger partial charge in [0.25, 0.3) is 0 Å². The second kappa shape index (κ2) is 11.8. The van der Waals surface area contributed by atoms with Crippen molar-refractivity contribution in [2.24, 2.45) is 0 Å². The summed E-state index contributed by atoms with van der Waals surface area (Å²) in [5.41, 5.74) is 2.61. The summed E-state index contributed by atoms with van der Waals surface area (Å²) in [6.07, 6.45) is 8.38. The van der Waals surface area contributed by atoms with Crippen LogP contribution in [0.1, 0.15) is 51.0 Å². The Labute approximate surface area is 184 Å². The highest BCUT2D eigenvalue weighted by Crippen LogP contribution is 2.27. The Hall–Kier alpha value is -2.30. The largest absolute Gasteiger partial charge is 0.492 e. The van der Waals surface area contributed by atoms with Crippen LogP contribution in [0.5, 0.6) is 5.75 Å². The van der Waals surface area contributed by atoms with Gasteiger partial charge in [-0.15, -0.1) is 0 Å². The third-order valence-corrected chi connectivity index (χ3v) is 5.19. The number of para-hydroxylation sites is 2. The number of aromatic nitrogens is 1. The first-order valence-electron chi connectivity index (χ1n) is 10.9. The highest BCUT2D eigenvalue weighted by Gasteiger charge is 2.05. The van der Waals surface area contributed by atoms with E-state index in [1.54, 1.807) is 0 Å². The minimum absolute atomic E-state index is 0.577. The number of hydrogen-bond acceptors (Lipinski definition) is 4. The van der Waals surface area contributed by atoms with Gasteiger partial charge in [-0.3, -0.25) is 0 Å². The van der Waals surface area contributed by atoms with Crippen LogP contribution in [0.15, 0.2) is 46.9 Å². The SMILES string of the molecule is CCCN(CCC)CCCCOc1ccc(/C=C/c2nc3ccccc3o2)cc1Cl. The predicted molar refractivity (Wildman–Crippen MR) is 126 cm³/mol. The summed E-state index contributed by atoms with van der Waals surface area (Å²) in [6, 6.07) is 13.5. The number of halogens is 1. The van der Waals surface area contributed by atoms with E-state index in [9.17, 15) is 0 Å². The Morgan fingerprint density at radius 1 is 1.00 bits per heavy atom. The van der Waals surface area contributed by atoms with E-state index in [-0.39, 0.29) is 0 Å². The molecule has 0 saturated carbocycles. The molecule has 3 rings (SSSR count). The van der Waals surface area contributed by atoms with Crippen LogP contribution >= 0.6 is 11.6 Å². The van der Waals surface area contributed by atoms with Crippen molar-refractivity contribution in [1.29, 1.82) is 0 Å². The van der Waals surface area contributed by atoms with Crippen LogP contribution in [-0.2, 0) is 0 Å². The van der Waals surface area contributed by atoms with Crippen molar-refractivity contribution in [2.75, 3.05) is 26.2 Å². The minimum atomic E-state index is 0.577. The first-order valence-corrected chi connectivity index (χ1v) is 11.3. The first-order chi connectivity index (χ1) is 14.7. The lowest BCUT2D eigenvalue weighted by atomic mass is 10.2. The number of nitrogens with zero attached hydrogens (tertiary/aromatic N) is 2. The second-order valence-corrected chi connectivity index (χ2v) is 7.85. The van der Waals surface area contributed by atoms with Gasteiger partial charge in [-0.2, -0.15) is 0 Å². The average molecular weight is 427 g/mol. The van der Waals surface area contributed by atoms with Gasteiger partial charge in [0.15, 0.2) is 5.58 Å². The van der Waals surface area contributed by atoms with Crippen LogP contribution in [0.25, 0.3) is 23.3 Å². The molecule has 1 heterocycles. The third-order valence-electron chi connectivity index (χ3n) is 4.89. The molecule has 0 N–H and O–H groups in total. The molecule has 4 nitrogen and oxygen atoms in total. The van der Waals surface area contributed by atoms with Crippen molar-refractivity contribution in [1.82, 2.24) is 9.88 Å². The molecular weight excluding hydrogens is 396 g/mol. The normalized spacial score (nSPS) is 11.7. The molecule has 0 amide bonds. The van der Waals surface area contributed by atoms with Crippen LogP contribution in [0, 0.1) is 0 Å². The fraction of sp³-hybridized carbons (Fsp3) is 0.400. The fourth-order valence-electron chi connectivity index (χ4n) is 3.45. The summed E-state index contributed by atoms with van der Waals surface area (Å²) in [5.74, 6) is 1.31. The van der Waals surface area contributed by atoms with Crippen LogP contribution in [-0.4, -0.2) is 36.1 Å². The average Bonchev–Trinajstić information content (AvgIpc) is 3.16. The van der Waals surface area contributed by atoms with Crippen LogP contribution < -0.4 is 4.74 Å². The number of ether oxygens (including phenoxy) is 1. The minimum Gasteiger partial charge on any atom is -0.492 e. The zero-order valence-corrected chi connectivity index (χ0v) is 18.7. The van der Waals surface area contributed by atoms with Gasteiger partial charge < -0.3 is 14.1 Å². The van der Waals surface area contributed by atoms with Gasteiger partial charge in [-0.1, -0.05) is 43.6 Å². The topological polar surface area (TPSA) is 38.5 Å². The summed E-state index contributed by atoms with van der Waals surface area (Å²) < 4.78 is 11.6. The highest BCUT2D eigenvalue weighted by atomic mass is 35.5. The molecule has 3 aromatic rings. The van der Waals surface area contributed by atoms with Crippen molar-refractivity contribution in [2.45, 2.75) is 39.5 Å². The van der Waals surface area contributed by atoms with Gasteiger partial charge >= 0.3 is 0 Å². The molecule has 0 aliphatic carbocycles. The number of unbranched alkanes of at least 4 members (excludes halogenated alkanes) is 1. The summed E-state index contributed by atoms with van der Waals surface area (Å²) in [4.78, 5) is 6.98. The Kier molecular flexibility index (Phi) is 8.79. The van der Waals surface area contributed by atoms with E-state index in [0.29, 0.717) is 17.5 Å². The smallest absolute Gasteiger partial charge is 0.220 e. The second-order valence-electron chi connectivity index (χ2n) is 7.44. The summed E-state index contributed by atoms with van der Waals surface area (Å²) >= 11 is 6.41. The monoisotopic (exact) mass is 426 g/mol. The number of rotatable bonds is 12. The fourth-order valence-corrected chi connectivity index (χ4v) is 3.70. The number of hydrogen-bond donors (Lipinski definition) is 0. The molecule has 0 unspecified atom stereocenters. The van der Waals surface area contributed by atoms with Crippen molar-refractivity contribution < 1.29 is 9.15 Å². The molecule has 30 heavy (non-hydrogen) atoms. The maximum absolute atomic E-state index is 6.41. The molecule has 0 aliphatic rings. The van der Waals surface area contributed by atoms with E-state index in [1.165, 1.54) is 25.9 Å². The molecule has 1 aromatic heterocycles. The quantitative estimate of drug-likeness (QED) is 0.294. The Morgan fingerprint density at radius 2 is 1.80 bits per heavy atom. The van der Waals surface area contributed by atoms with Gasteiger partial charge in [0.2, 0.25) is 5.89 Å².